The maximum atomic E-state index is 12.6. The van der Waals surface area contributed by atoms with Crippen LogP contribution in [-0.4, -0.2) is 54.4 Å². The summed E-state index contributed by atoms with van der Waals surface area (Å²) in [5.74, 6) is -1.13. The minimum atomic E-state index is -3.75. The molecule has 0 saturated carbocycles. The first-order valence-electron chi connectivity index (χ1n) is 6.81. The number of benzene rings is 1. The van der Waals surface area contributed by atoms with Crippen molar-refractivity contribution >= 4 is 21.9 Å². The predicted molar refractivity (Wildman–Crippen MR) is 78.5 cm³/mol. The van der Waals surface area contributed by atoms with Crippen LogP contribution < -0.4 is 0 Å². The van der Waals surface area contributed by atoms with Gasteiger partial charge in [-0.05, 0) is 31.0 Å². The van der Waals surface area contributed by atoms with Crippen LogP contribution in [-0.2, 0) is 26.0 Å². The van der Waals surface area contributed by atoms with Crippen molar-refractivity contribution in [2.75, 3.05) is 13.7 Å². The average molecular weight is 326 g/mol. The van der Waals surface area contributed by atoms with Crippen molar-refractivity contribution in [1.82, 2.24) is 9.21 Å². The highest BCUT2D eigenvalue weighted by Gasteiger charge is 2.41. The molecule has 0 spiro atoms. The van der Waals surface area contributed by atoms with Gasteiger partial charge in [0.2, 0.25) is 15.9 Å². The topological polar surface area (TPSA) is 95.0 Å². The molecule has 1 aromatic rings. The van der Waals surface area contributed by atoms with Gasteiger partial charge in [-0.1, -0.05) is 12.1 Å². The Morgan fingerprint density at radius 1 is 1.32 bits per heavy atom. The second kappa shape index (κ2) is 6.05. The summed E-state index contributed by atoms with van der Waals surface area (Å²) in [5, 5.41) is 8.64. The smallest absolute Gasteiger partial charge is 0.303 e. The number of carbonyl (C=O) groups is 2. The minimum absolute atomic E-state index is 0.00540. The van der Waals surface area contributed by atoms with Gasteiger partial charge >= 0.3 is 5.97 Å². The molecule has 1 amide bonds. The zero-order valence-corrected chi connectivity index (χ0v) is 13.2. The summed E-state index contributed by atoms with van der Waals surface area (Å²) in [7, 11) is -2.19. The molecule has 1 saturated heterocycles. The van der Waals surface area contributed by atoms with E-state index in [1.807, 2.05) is 0 Å². The first-order valence-corrected chi connectivity index (χ1v) is 8.25. The molecule has 7 nitrogen and oxygen atoms in total. The lowest BCUT2D eigenvalue weighted by Crippen LogP contribution is -2.35. The molecule has 1 unspecified atom stereocenters. The highest BCUT2D eigenvalue weighted by Crippen LogP contribution is 2.24. The number of carboxylic acids is 1. The van der Waals surface area contributed by atoms with Crippen molar-refractivity contribution in [3.8, 4) is 0 Å². The van der Waals surface area contributed by atoms with Gasteiger partial charge in [0.1, 0.15) is 6.04 Å². The van der Waals surface area contributed by atoms with Crippen LogP contribution in [0.25, 0.3) is 0 Å². The van der Waals surface area contributed by atoms with Crippen LogP contribution in [0.3, 0.4) is 0 Å². The second-order valence-electron chi connectivity index (χ2n) is 5.28. The highest BCUT2D eigenvalue weighted by atomic mass is 32.2. The standard InChI is InChI=1S/C14H18N2O5S/c1-10-14(19)15(2)9-16(10)22(20,21)12-6-3-11(4-7-12)5-8-13(17)18/h3-4,6-7,10H,5,8-9H2,1-2H3,(H,17,18). The van der Waals surface area contributed by atoms with Crippen molar-refractivity contribution in [3.63, 3.8) is 0 Å². The molecule has 0 aromatic heterocycles. The van der Waals surface area contributed by atoms with E-state index in [1.54, 1.807) is 26.1 Å². The van der Waals surface area contributed by atoms with E-state index in [9.17, 15) is 18.0 Å². The molecule has 1 aliphatic heterocycles. The number of carbonyl (C=O) groups excluding carboxylic acids is 1. The molecule has 0 radical (unpaired) electrons. The van der Waals surface area contributed by atoms with Crippen LogP contribution in [0.5, 0.6) is 0 Å². The van der Waals surface area contributed by atoms with E-state index >= 15 is 0 Å². The van der Waals surface area contributed by atoms with Crippen LogP contribution in [0, 0.1) is 0 Å². The molecule has 1 N–H and O–H groups in total. The van der Waals surface area contributed by atoms with Gasteiger partial charge in [-0.15, -0.1) is 0 Å². The SMILES string of the molecule is CC1C(=O)N(C)CN1S(=O)(=O)c1ccc(CCC(=O)O)cc1. The van der Waals surface area contributed by atoms with E-state index in [-0.39, 0.29) is 23.9 Å². The number of amides is 1. The number of carboxylic acid groups (broad SMARTS) is 1. The number of rotatable bonds is 5. The van der Waals surface area contributed by atoms with E-state index in [2.05, 4.69) is 0 Å². The van der Waals surface area contributed by atoms with Gasteiger partial charge in [-0.25, -0.2) is 8.42 Å². The fourth-order valence-corrected chi connectivity index (χ4v) is 3.92. The molecule has 22 heavy (non-hydrogen) atoms. The predicted octanol–water partition coefficient (Wildman–Crippen LogP) is 0.512. The molecule has 1 aliphatic rings. The number of hydrogen-bond donors (Lipinski definition) is 1. The maximum Gasteiger partial charge on any atom is 0.303 e. The van der Waals surface area contributed by atoms with Crippen LogP contribution >= 0.6 is 0 Å². The fourth-order valence-electron chi connectivity index (χ4n) is 2.34. The Balaban J connectivity index is 2.20. The van der Waals surface area contributed by atoms with Crippen molar-refractivity contribution in [2.24, 2.45) is 0 Å². The van der Waals surface area contributed by atoms with E-state index in [0.29, 0.717) is 6.42 Å². The lowest BCUT2D eigenvalue weighted by molar-refractivity contribution is -0.137. The van der Waals surface area contributed by atoms with Gasteiger partial charge in [-0.2, -0.15) is 4.31 Å². The molecular formula is C14H18N2O5S. The number of nitrogens with zero attached hydrogens (tertiary/aromatic N) is 2. The third kappa shape index (κ3) is 3.12. The Morgan fingerprint density at radius 3 is 2.36 bits per heavy atom. The summed E-state index contributed by atoms with van der Waals surface area (Å²) in [4.78, 5) is 23.8. The maximum absolute atomic E-state index is 12.6. The van der Waals surface area contributed by atoms with Crippen LogP contribution in [0.15, 0.2) is 29.2 Å². The van der Waals surface area contributed by atoms with Crippen LogP contribution in [0.1, 0.15) is 18.9 Å². The molecule has 0 aliphatic carbocycles. The van der Waals surface area contributed by atoms with Gasteiger partial charge in [0.15, 0.2) is 0 Å². The molecule has 120 valence electrons. The number of aryl methyl sites for hydroxylation is 1. The zero-order chi connectivity index (χ0) is 16.5. The summed E-state index contributed by atoms with van der Waals surface area (Å²) < 4.78 is 26.3. The van der Waals surface area contributed by atoms with Crippen molar-refractivity contribution in [2.45, 2.75) is 30.7 Å². The molecule has 1 fully saturated rings. The van der Waals surface area contributed by atoms with E-state index in [1.165, 1.54) is 17.0 Å². The first-order chi connectivity index (χ1) is 10.2. The van der Waals surface area contributed by atoms with Gasteiger partial charge in [-0.3, -0.25) is 9.59 Å². The Bertz CT molecular complexity index is 684. The first kappa shape index (κ1) is 16.4. The van der Waals surface area contributed by atoms with Gasteiger partial charge in [0, 0.05) is 13.5 Å². The van der Waals surface area contributed by atoms with Gasteiger partial charge in [0.05, 0.1) is 11.6 Å². The lowest BCUT2D eigenvalue weighted by Gasteiger charge is -2.18. The number of likely N-dealkylation sites (N-methyl/N-ethyl adjacent to an activating group) is 1. The number of hydrogen-bond acceptors (Lipinski definition) is 4. The summed E-state index contributed by atoms with van der Waals surface area (Å²) in [6.45, 7) is 1.59. The van der Waals surface area contributed by atoms with E-state index < -0.39 is 22.0 Å². The third-order valence-electron chi connectivity index (χ3n) is 3.67. The quantitative estimate of drug-likeness (QED) is 0.851. The molecule has 0 bridgehead atoms. The molecule has 1 atom stereocenters. The molecule has 2 rings (SSSR count). The molecule has 1 heterocycles. The second-order valence-corrected chi connectivity index (χ2v) is 7.17. The zero-order valence-electron chi connectivity index (χ0n) is 12.4. The summed E-state index contributed by atoms with van der Waals surface area (Å²) in [6.07, 6.45) is 0.339. The molecular weight excluding hydrogens is 308 g/mol. The lowest BCUT2D eigenvalue weighted by atomic mass is 10.1. The number of aliphatic carboxylic acids is 1. The van der Waals surface area contributed by atoms with Crippen LogP contribution in [0.2, 0.25) is 0 Å². The van der Waals surface area contributed by atoms with Gasteiger partial charge < -0.3 is 10.0 Å². The van der Waals surface area contributed by atoms with Crippen LogP contribution in [0.4, 0.5) is 0 Å². The van der Waals surface area contributed by atoms with Gasteiger partial charge in [0.25, 0.3) is 0 Å². The fraction of sp³-hybridized carbons (Fsp3) is 0.429. The molecule has 1 aromatic carbocycles. The molecule has 8 heteroatoms. The summed E-state index contributed by atoms with van der Waals surface area (Å²) in [6, 6.07) is 5.37. The summed E-state index contributed by atoms with van der Waals surface area (Å²) >= 11 is 0. The Kier molecular flexibility index (Phi) is 4.52. The Hall–Kier alpha value is -1.93. The normalized spacial score (nSPS) is 19.6. The monoisotopic (exact) mass is 326 g/mol. The minimum Gasteiger partial charge on any atom is -0.481 e. The Labute approximate surface area is 129 Å². The average Bonchev–Trinajstić information content (AvgIpc) is 2.74. The Morgan fingerprint density at radius 2 is 1.91 bits per heavy atom. The number of sulfonamides is 1. The largest absolute Gasteiger partial charge is 0.481 e. The van der Waals surface area contributed by atoms with Crippen molar-refractivity contribution < 1.29 is 23.1 Å². The van der Waals surface area contributed by atoms with E-state index in [4.69, 9.17) is 5.11 Å². The third-order valence-corrected chi connectivity index (χ3v) is 5.59. The van der Waals surface area contributed by atoms with Crippen molar-refractivity contribution in [3.05, 3.63) is 29.8 Å². The van der Waals surface area contributed by atoms with E-state index in [0.717, 1.165) is 9.87 Å². The highest BCUT2D eigenvalue weighted by molar-refractivity contribution is 7.89. The summed E-state index contributed by atoms with van der Waals surface area (Å²) in [5.41, 5.74) is 0.754. The van der Waals surface area contributed by atoms with Crippen molar-refractivity contribution in [1.29, 1.82) is 0 Å².